The number of hydrogen-bond acceptors (Lipinski definition) is 3. The molecule has 0 N–H and O–H groups in total. The van der Waals surface area contributed by atoms with Gasteiger partial charge in [-0.15, -0.1) is 35.7 Å². The van der Waals surface area contributed by atoms with Crippen molar-refractivity contribution in [1.82, 2.24) is 19.3 Å². The van der Waals surface area contributed by atoms with Gasteiger partial charge in [-0.2, -0.15) is 16.7 Å². The molecule has 7 rings (SSSR count). The summed E-state index contributed by atoms with van der Waals surface area (Å²) in [4.78, 5) is 4.76. The Kier molecular flexibility index (Phi) is 8.72. The molecule has 0 amide bonds. The second kappa shape index (κ2) is 12.6. The number of ether oxygens (including phenoxy) is 1. The van der Waals surface area contributed by atoms with Crippen LogP contribution in [0, 0.1) is 45.2 Å². The van der Waals surface area contributed by atoms with Crippen LogP contribution in [0.25, 0.3) is 44.4 Å². The zero-order chi connectivity index (χ0) is 32.2. The first-order valence-electron chi connectivity index (χ1n) is 15.8. The van der Waals surface area contributed by atoms with Gasteiger partial charge in [0.05, 0.1) is 5.69 Å². The summed E-state index contributed by atoms with van der Waals surface area (Å²) < 4.78 is 10.7. The van der Waals surface area contributed by atoms with E-state index in [1.165, 1.54) is 10.9 Å². The molecule has 238 valence electrons. The molecule has 0 atom stereocenters. The van der Waals surface area contributed by atoms with E-state index in [0.717, 1.165) is 68.0 Å². The molecule has 0 radical (unpaired) electrons. The number of aromatic nitrogens is 4. The number of fused-ring (bicyclic) bond motifs is 3. The SMILES string of the molecule is Cc1cc(Oc2[c-]c3c(cc2)c2cc(CC(C)(C)C)ccc2n3-c2cc(C)ccn2)[c-]c(-n2nc(C)c(-c3ccccc3)c2C)c1.[Pt+2]. The third-order valence-electron chi connectivity index (χ3n) is 8.35. The van der Waals surface area contributed by atoms with Crippen LogP contribution in [0.4, 0.5) is 0 Å². The molecule has 7 aromatic rings. The predicted molar refractivity (Wildman–Crippen MR) is 187 cm³/mol. The maximum atomic E-state index is 6.51. The van der Waals surface area contributed by atoms with Crippen LogP contribution in [-0.4, -0.2) is 19.3 Å². The van der Waals surface area contributed by atoms with E-state index in [1.807, 2.05) is 35.1 Å². The fourth-order valence-corrected chi connectivity index (χ4v) is 6.48. The van der Waals surface area contributed by atoms with Crippen LogP contribution < -0.4 is 4.74 Å². The molecule has 0 saturated carbocycles. The van der Waals surface area contributed by atoms with Gasteiger partial charge in [0, 0.05) is 34.5 Å². The van der Waals surface area contributed by atoms with Crippen molar-refractivity contribution in [2.75, 3.05) is 0 Å². The summed E-state index contributed by atoms with van der Waals surface area (Å²) in [6.45, 7) is 15.1. The Hall–Kier alpha value is -4.47. The molecule has 0 aliphatic carbocycles. The number of pyridine rings is 1. The fourth-order valence-electron chi connectivity index (χ4n) is 6.48. The van der Waals surface area contributed by atoms with Gasteiger partial charge in [0.1, 0.15) is 5.82 Å². The molecule has 0 spiro atoms. The molecule has 4 aromatic carbocycles. The topological polar surface area (TPSA) is 44.9 Å². The van der Waals surface area contributed by atoms with Crippen molar-refractivity contribution >= 4 is 21.8 Å². The Morgan fingerprint density at radius 1 is 0.766 bits per heavy atom. The van der Waals surface area contributed by atoms with E-state index in [9.17, 15) is 0 Å². The molecule has 0 unspecified atom stereocenters. The van der Waals surface area contributed by atoms with Crippen molar-refractivity contribution < 1.29 is 25.8 Å². The van der Waals surface area contributed by atoms with Gasteiger partial charge in [0.2, 0.25) is 0 Å². The van der Waals surface area contributed by atoms with Gasteiger partial charge in [0.15, 0.2) is 0 Å². The Balaban J connectivity index is 0.00000386. The largest absolute Gasteiger partial charge is 2.00 e. The second-order valence-corrected chi connectivity index (χ2v) is 13.5. The van der Waals surface area contributed by atoms with E-state index in [2.05, 4.69) is 126 Å². The minimum Gasteiger partial charge on any atom is -0.509 e. The number of hydrogen-bond donors (Lipinski definition) is 0. The standard InChI is InChI=1S/C41H38N4O.Pt/c1-26-17-18-42-39(21-26)44-37-16-13-30(25-41(5,6)7)22-36(37)35-15-14-33(24-38(35)44)46-34-20-27(2)19-32(23-34)45-29(4)40(28(3)43-45)31-11-9-8-10-12-31;/h8-22H,25H2,1-7H3;/q-2;+2. The van der Waals surface area contributed by atoms with Crippen LogP contribution >= 0.6 is 0 Å². The van der Waals surface area contributed by atoms with Gasteiger partial charge in [-0.1, -0.05) is 75.7 Å². The van der Waals surface area contributed by atoms with Gasteiger partial charge in [0.25, 0.3) is 0 Å². The van der Waals surface area contributed by atoms with Gasteiger partial charge in [-0.25, -0.2) is 4.98 Å². The quantitative estimate of drug-likeness (QED) is 0.158. The van der Waals surface area contributed by atoms with Crippen molar-refractivity contribution in [2.24, 2.45) is 5.41 Å². The molecule has 47 heavy (non-hydrogen) atoms. The smallest absolute Gasteiger partial charge is 0.509 e. The summed E-state index contributed by atoms with van der Waals surface area (Å²) >= 11 is 0. The molecule has 3 aromatic heterocycles. The number of aryl methyl sites for hydroxylation is 3. The third-order valence-corrected chi connectivity index (χ3v) is 8.35. The molecule has 0 aliphatic rings. The van der Waals surface area contributed by atoms with Crippen LogP contribution in [0.3, 0.4) is 0 Å². The van der Waals surface area contributed by atoms with Crippen molar-refractivity contribution in [3.05, 3.63) is 131 Å². The van der Waals surface area contributed by atoms with Crippen LogP contribution in [0.15, 0.2) is 91.1 Å². The molecule has 5 nitrogen and oxygen atoms in total. The number of nitrogens with zero attached hydrogens (tertiary/aromatic N) is 4. The summed E-state index contributed by atoms with van der Waals surface area (Å²) in [5.41, 5.74) is 10.9. The Morgan fingerprint density at radius 2 is 1.55 bits per heavy atom. The van der Waals surface area contributed by atoms with Gasteiger partial charge in [-0.3, -0.25) is 4.68 Å². The molecule has 0 saturated heterocycles. The molecule has 0 aliphatic heterocycles. The average molecular weight is 798 g/mol. The second-order valence-electron chi connectivity index (χ2n) is 13.5. The summed E-state index contributed by atoms with van der Waals surface area (Å²) in [5.74, 6) is 2.09. The Bertz CT molecular complexity index is 2240. The fraction of sp³-hybridized carbons (Fsp3) is 0.220. The average Bonchev–Trinajstić information content (AvgIpc) is 3.48. The van der Waals surface area contributed by atoms with Crippen LogP contribution in [0.5, 0.6) is 11.5 Å². The molecular weight excluding hydrogens is 760 g/mol. The van der Waals surface area contributed by atoms with Gasteiger partial charge < -0.3 is 9.30 Å². The van der Waals surface area contributed by atoms with Crippen molar-refractivity contribution in [3.8, 4) is 34.1 Å². The molecule has 0 bridgehead atoms. The summed E-state index contributed by atoms with van der Waals surface area (Å²) in [6, 6.07) is 36.6. The van der Waals surface area contributed by atoms with E-state index in [0.29, 0.717) is 11.5 Å². The minimum absolute atomic E-state index is 0. The number of benzene rings is 4. The zero-order valence-electron chi connectivity index (χ0n) is 27.9. The van der Waals surface area contributed by atoms with Crippen LogP contribution in [-0.2, 0) is 27.5 Å². The summed E-state index contributed by atoms with van der Waals surface area (Å²) in [7, 11) is 0. The zero-order valence-corrected chi connectivity index (χ0v) is 30.2. The van der Waals surface area contributed by atoms with Crippen molar-refractivity contribution in [2.45, 2.75) is 54.9 Å². The normalized spacial score (nSPS) is 11.6. The monoisotopic (exact) mass is 797 g/mol. The van der Waals surface area contributed by atoms with Gasteiger partial charge >= 0.3 is 21.1 Å². The van der Waals surface area contributed by atoms with Gasteiger partial charge in [-0.05, 0) is 78.6 Å². The maximum absolute atomic E-state index is 6.51. The Morgan fingerprint density at radius 3 is 2.30 bits per heavy atom. The van der Waals surface area contributed by atoms with E-state index in [1.54, 1.807) is 0 Å². The van der Waals surface area contributed by atoms with Crippen LogP contribution in [0.2, 0.25) is 0 Å². The van der Waals surface area contributed by atoms with Crippen LogP contribution in [0.1, 0.15) is 48.8 Å². The summed E-state index contributed by atoms with van der Waals surface area (Å²) in [5, 5.41) is 7.21. The third kappa shape index (κ3) is 6.42. The first-order chi connectivity index (χ1) is 22.0. The van der Waals surface area contributed by atoms with E-state index >= 15 is 0 Å². The predicted octanol–water partition coefficient (Wildman–Crippen LogP) is 10.2. The first kappa shape index (κ1) is 32.5. The number of rotatable bonds is 6. The molecule has 3 heterocycles. The molecular formula is C41H38N4OPt. The van der Waals surface area contributed by atoms with E-state index in [4.69, 9.17) is 14.8 Å². The minimum atomic E-state index is 0. The maximum Gasteiger partial charge on any atom is 2.00 e. The molecule has 6 heteroatoms. The summed E-state index contributed by atoms with van der Waals surface area (Å²) in [6.07, 6.45) is 2.86. The van der Waals surface area contributed by atoms with E-state index < -0.39 is 0 Å². The molecule has 0 fully saturated rings. The van der Waals surface area contributed by atoms with E-state index in [-0.39, 0.29) is 26.5 Å². The Labute approximate surface area is 291 Å². The van der Waals surface area contributed by atoms with Crippen molar-refractivity contribution in [3.63, 3.8) is 0 Å². The first-order valence-corrected chi connectivity index (χ1v) is 15.8. The van der Waals surface area contributed by atoms with Crippen molar-refractivity contribution in [1.29, 1.82) is 0 Å².